The van der Waals surface area contributed by atoms with E-state index in [1.54, 1.807) is 0 Å². The second-order valence-corrected chi connectivity index (χ2v) is 1.81. The van der Waals surface area contributed by atoms with Gasteiger partial charge in [-0.1, -0.05) is 0 Å². The van der Waals surface area contributed by atoms with Crippen molar-refractivity contribution in [1.82, 2.24) is 15.2 Å². The first-order valence-electron chi connectivity index (χ1n) is 2.62. The Bertz CT molecular complexity index is 197. The van der Waals surface area contributed by atoms with E-state index in [2.05, 4.69) is 15.2 Å². The van der Waals surface area contributed by atoms with Crippen molar-refractivity contribution in [2.75, 3.05) is 0 Å². The molecule has 0 saturated heterocycles. The number of carbonyl (C=O) groups is 1. The molecule has 0 spiro atoms. The van der Waals surface area contributed by atoms with Crippen molar-refractivity contribution in [2.24, 2.45) is 0 Å². The van der Waals surface area contributed by atoms with Crippen LogP contribution in [0.2, 0.25) is 0 Å². The number of H-pyrrole nitrogens is 1. The highest BCUT2D eigenvalue weighted by atomic mass is 16.1. The molecule has 9 heavy (non-hydrogen) atoms. The minimum Gasteiger partial charge on any atom is -0.300 e. The van der Waals surface area contributed by atoms with Crippen LogP contribution in [0.5, 0.6) is 0 Å². The third-order valence-electron chi connectivity index (χ3n) is 0.881. The van der Waals surface area contributed by atoms with Crippen LogP contribution in [-0.2, 0) is 11.2 Å². The van der Waals surface area contributed by atoms with E-state index in [9.17, 15) is 4.79 Å². The van der Waals surface area contributed by atoms with E-state index in [0.717, 1.165) is 0 Å². The minimum atomic E-state index is 0. The van der Waals surface area contributed by atoms with Gasteiger partial charge in [-0.25, -0.2) is 4.98 Å². The molecule has 0 saturated carbocycles. The van der Waals surface area contributed by atoms with Crippen LogP contribution in [0.4, 0.5) is 0 Å². The second kappa shape index (κ2) is 2.39. The van der Waals surface area contributed by atoms with Gasteiger partial charge in [-0.2, -0.15) is 5.10 Å². The molecule has 0 bridgehead atoms. The molecule has 0 aromatic carbocycles. The Morgan fingerprint density at radius 2 is 2.78 bits per heavy atom. The number of hydrogen-bond donors (Lipinski definition) is 1. The molecule has 0 atom stereocenters. The van der Waals surface area contributed by atoms with Gasteiger partial charge in [0, 0.05) is 1.43 Å². The maximum Gasteiger partial charge on any atom is 0.137 e. The van der Waals surface area contributed by atoms with Crippen LogP contribution >= 0.6 is 0 Å². The highest BCUT2D eigenvalue weighted by molar-refractivity contribution is 5.77. The van der Waals surface area contributed by atoms with Gasteiger partial charge >= 0.3 is 0 Å². The number of ketones is 1. The van der Waals surface area contributed by atoms with Crippen molar-refractivity contribution in [3.05, 3.63) is 12.2 Å². The van der Waals surface area contributed by atoms with Crippen LogP contribution in [0.1, 0.15) is 14.2 Å². The molecule has 50 valence electrons. The van der Waals surface area contributed by atoms with E-state index in [1.807, 2.05) is 0 Å². The van der Waals surface area contributed by atoms with E-state index < -0.39 is 0 Å². The lowest BCUT2D eigenvalue weighted by Crippen LogP contribution is -1.97. The molecule has 1 N–H and O–H groups in total. The zero-order valence-corrected chi connectivity index (χ0v) is 5.09. The van der Waals surface area contributed by atoms with Crippen LogP contribution in [-0.4, -0.2) is 21.0 Å². The van der Waals surface area contributed by atoms with Gasteiger partial charge in [-0.05, 0) is 6.92 Å². The summed E-state index contributed by atoms with van der Waals surface area (Å²) in [5, 5.41) is 6.17. The smallest absolute Gasteiger partial charge is 0.137 e. The Morgan fingerprint density at radius 1 is 2.00 bits per heavy atom. The van der Waals surface area contributed by atoms with Crippen molar-refractivity contribution in [2.45, 2.75) is 13.3 Å². The maximum atomic E-state index is 10.4. The summed E-state index contributed by atoms with van der Waals surface area (Å²) in [6.07, 6.45) is 1.73. The average Bonchev–Trinajstić information content (AvgIpc) is 2.15. The molecule has 0 fully saturated rings. The minimum absolute atomic E-state index is 0. The summed E-state index contributed by atoms with van der Waals surface area (Å²) >= 11 is 0. The number of carbonyl (C=O) groups excluding carboxylic acids is 1. The van der Waals surface area contributed by atoms with Gasteiger partial charge in [0.05, 0.1) is 6.42 Å². The maximum absolute atomic E-state index is 10.4. The summed E-state index contributed by atoms with van der Waals surface area (Å²) in [5.41, 5.74) is 0. The van der Waals surface area contributed by atoms with Gasteiger partial charge in [-0.3, -0.25) is 9.89 Å². The summed E-state index contributed by atoms with van der Waals surface area (Å²) in [5.74, 6) is 0.717. The molecule has 1 aromatic heterocycles. The molecule has 0 radical (unpaired) electrons. The highest BCUT2D eigenvalue weighted by Crippen LogP contribution is 1.86. The normalized spacial score (nSPS) is 9.44. The van der Waals surface area contributed by atoms with Crippen molar-refractivity contribution in [3.63, 3.8) is 0 Å². The van der Waals surface area contributed by atoms with Gasteiger partial charge < -0.3 is 0 Å². The van der Waals surface area contributed by atoms with Gasteiger partial charge in [0.1, 0.15) is 17.9 Å². The molecule has 1 rings (SSSR count). The van der Waals surface area contributed by atoms with Crippen LogP contribution in [0.15, 0.2) is 6.33 Å². The van der Waals surface area contributed by atoms with Crippen LogP contribution in [0.3, 0.4) is 0 Å². The lowest BCUT2D eigenvalue weighted by Gasteiger charge is -1.84. The number of nitrogens with zero attached hydrogens (tertiary/aromatic N) is 2. The highest BCUT2D eigenvalue weighted by Gasteiger charge is 1.97. The van der Waals surface area contributed by atoms with Gasteiger partial charge in [0.25, 0.3) is 0 Å². The monoisotopic (exact) mass is 127 g/mol. The van der Waals surface area contributed by atoms with Crippen LogP contribution in [0.25, 0.3) is 0 Å². The van der Waals surface area contributed by atoms with E-state index in [1.165, 1.54) is 13.3 Å². The lowest BCUT2D eigenvalue weighted by molar-refractivity contribution is -0.116. The fraction of sp³-hybridized carbons (Fsp3) is 0.400. The van der Waals surface area contributed by atoms with Gasteiger partial charge in [0.2, 0.25) is 0 Å². The molecule has 0 aliphatic carbocycles. The topological polar surface area (TPSA) is 58.6 Å². The molecule has 0 aliphatic heterocycles. The molecular weight excluding hydrogens is 118 g/mol. The number of rotatable bonds is 2. The van der Waals surface area contributed by atoms with E-state index >= 15 is 0 Å². The van der Waals surface area contributed by atoms with E-state index in [0.29, 0.717) is 12.2 Å². The number of aromatic nitrogens is 3. The summed E-state index contributed by atoms with van der Waals surface area (Å²) < 4.78 is 0. The molecule has 0 aliphatic rings. The summed E-state index contributed by atoms with van der Waals surface area (Å²) in [4.78, 5) is 14.2. The first-order valence-corrected chi connectivity index (χ1v) is 2.62. The molecule has 1 heterocycles. The van der Waals surface area contributed by atoms with E-state index in [-0.39, 0.29) is 7.21 Å². The summed E-state index contributed by atoms with van der Waals surface area (Å²) in [7, 11) is 0. The zero-order valence-electron chi connectivity index (χ0n) is 5.09. The molecule has 0 amide bonds. The Morgan fingerprint density at radius 3 is 3.22 bits per heavy atom. The van der Waals surface area contributed by atoms with E-state index in [4.69, 9.17) is 0 Å². The molecule has 1 aromatic rings. The molecule has 4 nitrogen and oxygen atoms in total. The third kappa shape index (κ3) is 1.64. The first kappa shape index (κ1) is 5.94. The van der Waals surface area contributed by atoms with Crippen molar-refractivity contribution >= 4 is 5.78 Å². The van der Waals surface area contributed by atoms with Gasteiger partial charge in [-0.15, -0.1) is 0 Å². The van der Waals surface area contributed by atoms with Crippen LogP contribution < -0.4 is 0 Å². The van der Waals surface area contributed by atoms with Crippen LogP contribution in [0, 0.1) is 0 Å². The Labute approximate surface area is 53.8 Å². The predicted octanol–water partition coefficient (Wildman–Crippen LogP) is 0.182. The molecule has 4 heteroatoms. The largest absolute Gasteiger partial charge is 0.300 e. The van der Waals surface area contributed by atoms with Crippen molar-refractivity contribution in [1.29, 1.82) is 0 Å². The predicted molar refractivity (Wildman–Crippen MR) is 32.9 cm³/mol. The van der Waals surface area contributed by atoms with Crippen molar-refractivity contribution in [3.8, 4) is 0 Å². The number of Topliss-reactive ketones (excluding diaryl/α,β-unsaturated/α-hetero) is 1. The first-order chi connectivity index (χ1) is 4.29. The summed E-state index contributed by atoms with van der Waals surface area (Å²) in [6.45, 7) is 1.52. The van der Waals surface area contributed by atoms with Gasteiger partial charge in [0.15, 0.2) is 0 Å². The Hall–Kier alpha value is -1.19. The SMILES string of the molecule is CC(=O)Cc1ncn[nH]1.[HH]. The fourth-order valence-electron chi connectivity index (χ4n) is 0.552. The Balaban J connectivity index is 0.000000810. The number of aromatic amines is 1. The second-order valence-electron chi connectivity index (χ2n) is 1.81. The Kier molecular flexibility index (Phi) is 1.58. The average molecular weight is 127 g/mol. The lowest BCUT2D eigenvalue weighted by atomic mass is 10.3. The standard InChI is InChI=1S/C5H7N3O.H2/c1-4(9)2-5-6-3-7-8-5;/h3H,2H2,1H3,(H,6,7,8);1H. The quantitative estimate of drug-likeness (QED) is 0.616. The summed E-state index contributed by atoms with van der Waals surface area (Å²) in [6, 6.07) is 0. The number of nitrogens with one attached hydrogen (secondary N) is 1. The van der Waals surface area contributed by atoms with Crippen molar-refractivity contribution < 1.29 is 6.22 Å². The third-order valence-corrected chi connectivity index (χ3v) is 0.881. The number of hydrogen-bond acceptors (Lipinski definition) is 3. The zero-order chi connectivity index (χ0) is 6.69. The molecular formula is C5H9N3O. The fourth-order valence-corrected chi connectivity index (χ4v) is 0.552. The molecule has 0 unspecified atom stereocenters.